The number of fused-ring (bicyclic) bond motifs is 1. The lowest BCUT2D eigenvalue weighted by atomic mass is 10.0. The molecule has 2 heterocycles. The molecule has 0 bridgehead atoms. The van der Waals surface area contributed by atoms with Gasteiger partial charge in [0.05, 0.1) is 12.1 Å². The molecule has 0 aliphatic carbocycles. The maximum Gasteiger partial charge on any atom is 0.228 e. The van der Waals surface area contributed by atoms with E-state index in [2.05, 4.69) is 15.4 Å². The van der Waals surface area contributed by atoms with Crippen LogP contribution in [-0.2, 0) is 11.2 Å². The van der Waals surface area contributed by atoms with Crippen LogP contribution in [0.25, 0.3) is 16.8 Å². The molecule has 2 aromatic heterocycles. The van der Waals surface area contributed by atoms with Gasteiger partial charge < -0.3 is 5.32 Å². The molecule has 5 nitrogen and oxygen atoms in total. The van der Waals surface area contributed by atoms with Crippen LogP contribution in [0.2, 0.25) is 0 Å². The van der Waals surface area contributed by atoms with Gasteiger partial charge in [-0.2, -0.15) is 5.10 Å². The van der Waals surface area contributed by atoms with Gasteiger partial charge >= 0.3 is 0 Å². The molecule has 0 aliphatic heterocycles. The van der Waals surface area contributed by atoms with Gasteiger partial charge in [-0.05, 0) is 47.4 Å². The van der Waals surface area contributed by atoms with E-state index in [1.807, 2.05) is 42.6 Å². The topological polar surface area (TPSA) is 59.3 Å². The molecule has 0 radical (unpaired) electrons. The van der Waals surface area contributed by atoms with Crippen LogP contribution >= 0.6 is 0 Å². The van der Waals surface area contributed by atoms with Gasteiger partial charge in [0.25, 0.3) is 0 Å². The summed E-state index contributed by atoms with van der Waals surface area (Å²) >= 11 is 0. The highest BCUT2D eigenvalue weighted by atomic mass is 19.1. The Hall–Kier alpha value is -3.54. The van der Waals surface area contributed by atoms with Crippen molar-refractivity contribution >= 4 is 17.2 Å². The van der Waals surface area contributed by atoms with E-state index in [9.17, 15) is 9.18 Å². The number of rotatable bonds is 4. The number of carbonyl (C=O) groups is 1. The number of carbonyl (C=O) groups excluding carboxylic acids is 1. The number of pyridine rings is 1. The summed E-state index contributed by atoms with van der Waals surface area (Å²) in [5.74, 6) is -0.651. The highest BCUT2D eigenvalue weighted by Crippen LogP contribution is 2.21. The van der Waals surface area contributed by atoms with Gasteiger partial charge in [-0.1, -0.05) is 36.4 Å². The number of benzene rings is 2. The van der Waals surface area contributed by atoms with Gasteiger partial charge in [0.1, 0.15) is 12.1 Å². The van der Waals surface area contributed by atoms with Gasteiger partial charge in [0.2, 0.25) is 5.91 Å². The zero-order valence-corrected chi connectivity index (χ0v) is 14.7. The van der Waals surface area contributed by atoms with Crippen LogP contribution in [0.1, 0.15) is 11.1 Å². The number of hydrogen-bond acceptors (Lipinski definition) is 3. The third-order valence-electron chi connectivity index (χ3n) is 4.40. The Kier molecular flexibility index (Phi) is 4.38. The summed E-state index contributed by atoms with van der Waals surface area (Å²) in [5.41, 5.74) is 4.38. The number of aryl methyl sites for hydroxylation is 1. The summed E-state index contributed by atoms with van der Waals surface area (Å²) in [6.45, 7) is 1.67. The van der Waals surface area contributed by atoms with Crippen molar-refractivity contribution in [2.45, 2.75) is 13.3 Å². The first-order chi connectivity index (χ1) is 13.1. The minimum absolute atomic E-state index is 0.177. The second kappa shape index (κ2) is 6.99. The van der Waals surface area contributed by atoms with Gasteiger partial charge in [0.15, 0.2) is 5.65 Å². The van der Waals surface area contributed by atoms with Crippen molar-refractivity contribution in [1.82, 2.24) is 14.6 Å². The zero-order valence-electron chi connectivity index (χ0n) is 14.7. The summed E-state index contributed by atoms with van der Waals surface area (Å²) in [5, 5.41) is 6.71. The van der Waals surface area contributed by atoms with E-state index in [1.54, 1.807) is 29.6 Å². The van der Waals surface area contributed by atoms with Gasteiger partial charge in [0, 0.05) is 6.20 Å². The molecule has 1 amide bonds. The van der Waals surface area contributed by atoms with E-state index in [-0.39, 0.29) is 18.0 Å². The van der Waals surface area contributed by atoms with Crippen LogP contribution in [0.5, 0.6) is 0 Å². The summed E-state index contributed by atoms with van der Waals surface area (Å²) in [6, 6.07) is 16.6. The minimum Gasteiger partial charge on any atom is -0.323 e. The second-order valence-corrected chi connectivity index (χ2v) is 6.34. The quantitative estimate of drug-likeness (QED) is 0.598. The molecule has 4 rings (SSSR count). The summed E-state index contributed by atoms with van der Waals surface area (Å²) in [7, 11) is 0. The molecule has 0 atom stereocenters. The van der Waals surface area contributed by atoms with Crippen molar-refractivity contribution in [1.29, 1.82) is 0 Å². The molecule has 0 unspecified atom stereocenters. The van der Waals surface area contributed by atoms with E-state index in [4.69, 9.17) is 0 Å². The van der Waals surface area contributed by atoms with Gasteiger partial charge in [-0.3, -0.25) is 4.79 Å². The minimum atomic E-state index is -0.398. The average molecular weight is 360 g/mol. The molecule has 134 valence electrons. The lowest BCUT2D eigenvalue weighted by Gasteiger charge is -2.08. The molecule has 0 spiro atoms. The normalized spacial score (nSPS) is 10.9. The molecule has 2 aromatic carbocycles. The van der Waals surface area contributed by atoms with Crippen LogP contribution < -0.4 is 5.32 Å². The number of anilines is 1. The van der Waals surface area contributed by atoms with Crippen molar-refractivity contribution in [2.75, 3.05) is 5.32 Å². The molecule has 0 aliphatic rings. The third-order valence-corrected chi connectivity index (χ3v) is 4.40. The van der Waals surface area contributed by atoms with Gasteiger partial charge in [-0.25, -0.2) is 13.9 Å². The number of nitrogens with one attached hydrogen (secondary N) is 1. The fourth-order valence-corrected chi connectivity index (χ4v) is 2.93. The van der Waals surface area contributed by atoms with Crippen molar-refractivity contribution < 1.29 is 9.18 Å². The molecular weight excluding hydrogens is 343 g/mol. The van der Waals surface area contributed by atoms with Crippen LogP contribution in [0.15, 0.2) is 67.1 Å². The molecule has 1 N–H and O–H groups in total. The summed E-state index contributed by atoms with van der Waals surface area (Å²) < 4.78 is 15.7. The van der Waals surface area contributed by atoms with E-state index in [1.165, 1.54) is 6.33 Å². The molecule has 4 aromatic rings. The second-order valence-electron chi connectivity index (χ2n) is 6.34. The van der Waals surface area contributed by atoms with Crippen molar-refractivity contribution in [3.8, 4) is 11.1 Å². The Labute approximate surface area is 155 Å². The van der Waals surface area contributed by atoms with Crippen LogP contribution in [0.4, 0.5) is 10.1 Å². The van der Waals surface area contributed by atoms with Crippen molar-refractivity contribution in [2.24, 2.45) is 0 Å². The van der Waals surface area contributed by atoms with Crippen LogP contribution in [-0.4, -0.2) is 20.5 Å². The fourth-order valence-electron chi connectivity index (χ4n) is 2.93. The van der Waals surface area contributed by atoms with E-state index < -0.39 is 5.82 Å². The lowest BCUT2D eigenvalue weighted by molar-refractivity contribution is -0.115. The zero-order chi connectivity index (χ0) is 18.8. The standard InChI is InChI=1S/C21H17FN4O/c1-14-3-2-4-18(21(14)22)25-20(27)11-15-5-7-16(8-6-15)17-9-10-26-19(12-17)23-13-24-26/h2-10,12-13H,11H2,1H3,(H,25,27). The maximum atomic E-state index is 14.0. The number of aromatic nitrogens is 3. The molecule has 0 fully saturated rings. The SMILES string of the molecule is Cc1cccc(NC(=O)Cc2ccc(-c3ccn4ncnc4c3)cc2)c1F. The highest BCUT2D eigenvalue weighted by Gasteiger charge is 2.10. The number of amides is 1. The first-order valence-corrected chi connectivity index (χ1v) is 8.54. The summed E-state index contributed by atoms with van der Waals surface area (Å²) in [4.78, 5) is 16.4. The number of nitrogens with zero attached hydrogens (tertiary/aromatic N) is 3. The first-order valence-electron chi connectivity index (χ1n) is 8.54. The van der Waals surface area contributed by atoms with Crippen LogP contribution in [0, 0.1) is 12.7 Å². The number of hydrogen-bond donors (Lipinski definition) is 1. The Balaban J connectivity index is 1.47. The molecule has 0 saturated carbocycles. The molecule has 27 heavy (non-hydrogen) atoms. The van der Waals surface area contributed by atoms with Crippen molar-refractivity contribution in [3.63, 3.8) is 0 Å². The smallest absolute Gasteiger partial charge is 0.228 e. The monoisotopic (exact) mass is 360 g/mol. The number of halogens is 1. The Bertz CT molecular complexity index is 1120. The average Bonchev–Trinajstić information content (AvgIpc) is 3.14. The van der Waals surface area contributed by atoms with E-state index in [0.717, 1.165) is 22.3 Å². The maximum absolute atomic E-state index is 14.0. The summed E-state index contributed by atoms with van der Waals surface area (Å²) in [6.07, 6.45) is 3.55. The predicted octanol–water partition coefficient (Wildman–Crippen LogP) is 4.03. The Morgan fingerprint density at radius 3 is 2.74 bits per heavy atom. The largest absolute Gasteiger partial charge is 0.323 e. The highest BCUT2D eigenvalue weighted by molar-refractivity contribution is 5.92. The van der Waals surface area contributed by atoms with E-state index in [0.29, 0.717) is 5.56 Å². The van der Waals surface area contributed by atoms with Gasteiger partial charge in [-0.15, -0.1) is 0 Å². The fraction of sp³-hybridized carbons (Fsp3) is 0.0952. The molecule has 6 heteroatoms. The molecule has 0 saturated heterocycles. The molecular formula is C21H17FN4O. The lowest BCUT2D eigenvalue weighted by Crippen LogP contribution is -2.15. The Morgan fingerprint density at radius 1 is 1.11 bits per heavy atom. The van der Waals surface area contributed by atoms with Crippen molar-refractivity contribution in [3.05, 3.63) is 84.1 Å². The predicted molar refractivity (Wildman–Crippen MR) is 102 cm³/mol. The van der Waals surface area contributed by atoms with E-state index >= 15 is 0 Å². The van der Waals surface area contributed by atoms with Crippen LogP contribution in [0.3, 0.4) is 0 Å². The third kappa shape index (κ3) is 3.55. The Morgan fingerprint density at radius 2 is 1.93 bits per heavy atom. The first kappa shape index (κ1) is 16.9.